The maximum absolute atomic E-state index is 13.4. The van der Waals surface area contributed by atoms with Gasteiger partial charge in [-0.1, -0.05) is 48.5 Å². The lowest BCUT2D eigenvalue weighted by Gasteiger charge is -2.32. The van der Waals surface area contributed by atoms with Gasteiger partial charge in [-0.05, 0) is 62.8 Å². The predicted molar refractivity (Wildman–Crippen MR) is 125 cm³/mol. The maximum atomic E-state index is 13.4. The van der Waals surface area contributed by atoms with Crippen LogP contribution in [0.1, 0.15) is 49.9 Å². The number of ether oxygens (including phenoxy) is 1. The number of hydrogen-bond donors (Lipinski definition) is 1. The third kappa shape index (κ3) is 6.01. The van der Waals surface area contributed by atoms with E-state index in [1.54, 1.807) is 12.1 Å². The molecular weight excluding hydrogens is 446 g/mol. The first kappa shape index (κ1) is 25.8. The molecule has 1 fully saturated rings. The number of alkyl carbamates (subject to hydrolysis) is 1. The lowest BCUT2D eigenvalue weighted by molar-refractivity contribution is -0.138. The number of rotatable bonds is 6. The minimum Gasteiger partial charge on any atom is -0.445 e. The molecule has 34 heavy (non-hydrogen) atoms. The Hall–Kier alpha value is -2.78. The van der Waals surface area contributed by atoms with Crippen molar-refractivity contribution in [2.75, 3.05) is 6.54 Å². The van der Waals surface area contributed by atoms with Gasteiger partial charge < -0.3 is 19.4 Å². The molecule has 0 unspecified atom stereocenters. The average Bonchev–Trinajstić information content (AvgIpc) is 2.97. The minimum absolute atomic E-state index is 0.0276. The Morgan fingerprint density at radius 1 is 1.03 bits per heavy atom. The topological polar surface area (TPSA) is 56.8 Å². The van der Waals surface area contributed by atoms with E-state index >= 15 is 0 Å². The highest BCUT2D eigenvalue weighted by atomic mass is 19.4. The van der Waals surface area contributed by atoms with Crippen LogP contribution in [0.4, 0.5) is 18.0 Å². The Bertz CT molecular complexity index is 1040. The summed E-state index contributed by atoms with van der Waals surface area (Å²) in [6.45, 7) is 8.99. The first-order valence-electron chi connectivity index (χ1n) is 11.0. The van der Waals surface area contributed by atoms with Crippen LogP contribution in [0.3, 0.4) is 0 Å². The normalized spacial score (nSPS) is 17.5. The van der Waals surface area contributed by atoms with Crippen LogP contribution >= 0.6 is 0 Å². The third-order valence-electron chi connectivity index (χ3n) is 6.23. The van der Waals surface area contributed by atoms with Crippen LogP contribution in [0.15, 0.2) is 54.0 Å². The van der Waals surface area contributed by atoms with Crippen LogP contribution in [0.25, 0.3) is 6.08 Å². The summed E-state index contributed by atoms with van der Waals surface area (Å²) in [5.74, 6) is 0. The van der Waals surface area contributed by atoms with Gasteiger partial charge in [0.2, 0.25) is 0 Å². The lowest BCUT2D eigenvalue weighted by Crippen LogP contribution is -2.41. The van der Waals surface area contributed by atoms with Gasteiger partial charge in [0.15, 0.2) is 0 Å². The summed E-state index contributed by atoms with van der Waals surface area (Å²) in [7, 11) is -0.853. The van der Waals surface area contributed by atoms with Gasteiger partial charge in [0.1, 0.15) is 6.61 Å². The fourth-order valence-electron chi connectivity index (χ4n) is 3.46. The second-order valence-electron chi connectivity index (χ2n) is 9.24. The zero-order chi connectivity index (χ0) is 25.1. The van der Waals surface area contributed by atoms with Gasteiger partial charge >= 0.3 is 19.4 Å². The number of amides is 1. The molecule has 0 aromatic heterocycles. The summed E-state index contributed by atoms with van der Waals surface area (Å²) in [5, 5.41) is 2.66. The summed E-state index contributed by atoms with van der Waals surface area (Å²) in [6, 6.07) is 13.2. The molecule has 0 spiro atoms. The van der Waals surface area contributed by atoms with Crippen LogP contribution < -0.4 is 5.32 Å². The average molecular weight is 475 g/mol. The van der Waals surface area contributed by atoms with Gasteiger partial charge in [-0.15, -0.1) is 0 Å². The highest BCUT2D eigenvalue weighted by Gasteiger charge is 2.52. The minimum atomic E-state index is -4.47. The molecule has 0 saturated carbocycles. The Morgan fingerprint density at radius 2 is 1.65 bits per heavy atom. The van der Waals surface area contributed by atoms with E-state index in [2.05, 4.69) is 5.32 Å². The van der Waals surface area contributed by atoms with Crippen molar-refractivity contribution in [3.63, 3.8) is 0 Å². The molecule has 2 aromatic rings. The van der Waals surface area contributed by atoms with Crippen LogP contribution in [-0.2, 0) is 26.8 Å². The highest BCUT2D eigenvalue weighted by molar-refractivity contribution is 6.56. The van der Waals surface area contributed by atoms with Gasteiger partial charge in [-0.25, -0.2) is 4.79 Å². The molecule has 3 rings (SSSR count). The predicted octanol–water partition coefficient (Wildman–Crippen LogP) is 5.96. The second kappa shape index (κ2) is 9.84. The summed E-state index contributed by atoms with van der Waals surface area (Å²) in [6.07, 6.45) is -3.56. The van der Waals surface area contributed by atoms with Gasteiger partial charge in [0, 0.05) is 6.54 Å². The number of nitrogens with one attached hydrogen (secondary N) is 1. The molecule has 1 saturated heterocycles. The van der Waals surface area contributed by atoms with Crippen LogP contribution in [-0.4, -0.2) is 31.0 Å². The number of alkyl halides is 3. The van der Waals surface area contributed by atoms with Crippen molar-refractivity contribution in [3.05, 3.63) is 76.3 Å². The lowest BCUT2D eigenvalue weighted by atomic mass is 9.76. The van der Waals surface area contributed by atoms with Crippen LogP contribution in [0.2, 0.25) is 0 Å². The molecule has 1 amide bonds. The van der Waals surface area contributed by atoms with Crippen LogP contribution in [0.5, 0.6) is 0 Å². The van der Waals surface area contributed by atoms with Gasteiger partial charge in [0.25, 0.3) is 0 Å². The summed E-state index contributed by atoms with van der Waals surface area (Å²) >= 11 is 0. The molecule has 1 aliphatic rings. The number of carbonyl (C=O) groups is 1. The fourth-order valence-corrected chi connectivity index (χ4v) is 3.46. The van der Waals surface area contributed by atoms with Crippen molar-refractivity contribution in [3.8, 4) is 0 Å². The van der Waals surface area contributed by atoms with Crippen molar-refractivity contribution in [2.24, 2.45) is 0 Å². The van der Waals surface area contributed by atoms with Crippen molar-refractivity contribution >= 4 is 19.3 Å². The first-order chi connectivity index (χ1) is 15.8. The summed E-state index contributed by atoms with van der Waals surface area (Å²) in [5.41, 5.74) is -0.294. The molecule has 0 radical (unpaired) electrons. The number of halogens is 3. The monoisotopic (exact) mass is 475 g/mol. The standard InChI is InChI=1S/C25H29BF3NO4/c1-17-19(12-9-13-21(17)25(27,28)29)14-20(26-33-23(2,3)24(4,5)34-26)15-30-22(31)32-16-18-10-7-6-8-11-18/h6-14H,15-16H2,1-5H3,(H,30,31). The molecule has 182 valence electrons. The molecule has 0 bridgehead atoms. The van der Waals surface area contributed by atoms with E-state index in [0.29, 0.717) is 11.0 Å². The SMILES string of the molecule is Cc1c(C=C(CNC(=O)OCc2ccccc2)B2OC(C)(C)C(C)(C)O2)cccc1C(F)(F)F. The Labute approximate surface area is 198 Å². The molecule has 1 aliphatic heterocycles. The smallest absolute Gasteiger partial charge is 0.445 e. The summed E-state index contributed by atoms with van der Waals surface area (Å²) < 4.78 is 57.7. The van der Waals surface area contributed by atoms with Crippen molar-refractivity contribution in [1.82, 2.24) is 5.32 Å². The van der Waals surface area contributed by atoms with E-state index in [1.165, 1.54) is 13.0 Å². The van der Waals surface area contributed by atoms with Crippen LogP contribution in [0, 0.1) is 6.92 Å². The molecule has 0 aliphatic carbocycles. The largest absolute Gasteiger partial charge is 0.492 e. The van der Waals surface area contributed by atoms with Gasteiger partial charge in [-0.3, -0.25) is 0 Å². The molecular formula is C25H29BF3NO4. The third-order valence-corrected chi connectivity index (χ3v) is 6.23. The molecule has 5 nitrogen and oxygen atoms in total. The van der Waals surface area contributed by atoms with E-state index < -0.39 is 36.2 Å². The van der Waals surface area contributed by atoms with Crippen molar-refractivity contribution in [2.45, 2.75) is 58.6 Å². The molecule has 0 atom stereocenters. The highest BCUT2D eigenvalue weighted by Crippen LogP contribution is 2.39. The quantitative estimate of drug-likeness (QED) is 0.525. The summed E-state index contributed by atoms with van der Waals surface area (Å²) in [4.78, 5) is 12.3. The van der Waals surface area contributed by atoms with E-state index in [0.717, 1.165) is 11.6 Å². The molecule has 1 heterocycles. The van der Waals surface area contributed by atoms with E-state index in [9.17, 15) is 18.0 Å². The van der Waals surface area contributed by atoms with Crippen molar-refractivity contribution in [1.29, 1.82) is 0 Å². The Kier molecular flexibility index (Phi) is 7.48. The van der Waals surface area contributed by atoms with E-state index in [-0.39, 0.29) is 18.7 Å². The van der Waals surface area contributed by atoms with Crippen molar-refractivity contribution < 1.29 is 32.0 Å². The molecule has 9 heteroatoms. The van der Waals surface area contributed by atoms with E-state index in [1.807, 2.05) is 58.0 Å². The zero-order valence-corrected chi connectivity index (χ0v) is 20.0. The molecule has 1 N–H and O–H groups in total. The first-order valence-corrected chi connectivity index (χ1v) is 11.0. The number of benzene rings is 2. The Morgan fingerprint density at radius 3 is 2.24 bits per heavy atom. The number of carbonyl (C=O) groups excluding carboxylic acids is 1. The fraction of sp³-hybridized carbons (Fsp3) is 0.400. The Balaban J connectivity index is 1.83. The maximum Gasteiger partial charge on any atom is 0.492 e. The zero-order valence-electron chi connectivity index (χ0n) is 20.0. The number of hydrogen-bond acceptors (Lipinski definition) is 4. The molecule has 2 aromatic carbocycles. The van der Waals surface area contributed by atoms with Gasteiger partial charge in [0.05, 0.1) is 16.8 Å². The van der Waals surface area contributed by atoms with Gasteiger partial charge in [-0.2, -0.15) is 13.2 Å². The van der Waals surface area contributed by atoms with E-state index in [4.69, 9.17) is 14.0 Å². The second-order valence-corrected chi connectivity index (χ2v) is 9.24.